The van der Waals surface area contributed by atoms with Gasteiger partial charge < -0.3 is 9.94 Å². The Morgan fingerprint density at radius 2 is 1.55 bits per heavy atom. The first kappa shape index (κ1) is 25.6. The fraction of sp³-hybridized carbons (Fsp3) is 0.611. The average molecular weight is 485 g/mol. The van der Waals surface area contributed by atoms with Crippen LogP contribution in [-0.2, 0) is 61.5 Å². The number of nitrogens with zero attached hydrogens (tertiary/aromatic N) is 2. The zero-order chi connectivity index (χ0) is 20.9. The molecular weight excluding hydrogens is 461 g/mol. The summed E-state index contributed by atoms with van der Waals surface area (Å²) >= 11 is 0. The van der Waals surface area contributed by atoms with Crippen LogP contribution < -0.4 is 0 Å². The maximum absolute atomic E-state index is 12.3. The van der Waals surface area contributed by atoms with Crippen molar-refractivity contribution in [3.8, 4) is 0 Å². The molecule has 0 aromatic rings. The van der Waals surface area contributed by atoms with Crippen molar-refractivity contribution >= 4 is 29.6 Å². The smallest absolute Gasteiger partial charge is 0.339 e. The van der Waals surface area contributed by atoms with Gasteiger partial charge in [0.25, 0.3) is 23.6 Å². The third-order valence-corrected chi connectivity index (χ3v) is 4.91. The summed E-state index contributed by atoms with van der Waals surface area (Å²) in [5.41, 5.74) is -0.797. The number of amides is 4. The largest absolute Gasteiger partial charge is 0.389 e. The van der Waals surface area contributed by atoms with Gasteiger partial charge in [-0.1, -0.05) is 12.2 Å². The topological polar surface area (TPSA) is 142 Å². The third-order valence-electron chi connectivity index (χ3n) is 4.91. The fourth-order valence-electron chi connectivity index (χ4n) is 2.96. The summed E-state index contributed by atoms with van der Waals surface area (Å²) in [6.07, 6.45) is 5.56. The fourth-order valence-corrected chi connectivity index (χ4v) is 2.96. The van der Waals surface area contributed by atoms with Crippen LogP contribution in [0.25, 0.3) is 0 Å². The summed E-state index contributed by atoms with van der Waals surface area (Å²) in [5.74, 6) is -2.54. The minimum Gasteiger partial charge on any atom is -0.389 e. The van der Waals surface area contributed by atoms with E-state index in [1.54, 1.807) is 13.0 Å². The number of imide groups is 2. The van der Waals surface area contributed by atoms with Gasteiger partial charge in [0.1, 0.15) is 0 Å². The van der Waals surface area contributed by atoms with Gasteiger partial charge in [-0.25, -0.2) is 4.79 Å². The van der Waals surface area contributed by atoms with Crippen LogP contribution in [-0.4, -0.2) is 56.1 Å². The van der Waals surface area contributed by atoms with Gasteiger partial charge in [-0.15, -0.1) is 5.06 Å². The molecule has 1 aliphatic carbocycles. The Labute approximate surface area is 193 Å². The summed E-state index contributed by atoms with van der Waals surface area (Å²) in [6, 6.07) is 0. The van der Waals surface area contributed by atoms with Crippen LogP contribution >= 0.6 is 0 Å². The maximum atomic E-state index is 12.3. The van der Waals surface area contributed by atoms with Gasteiger partial charge in [0.15, 0.2) is 0 Å². The van der Waals surface area contributed by atoms with Crippen molar-refractivity contribution in [1.82, 2.24) is 10.1 Å². The summed E-state index contributed by atoms with van der Waals surface area (Å²) in [5, 5.41) is 18.8. The number of carbonyl (C=O) groups is 5. The van der Waals surface area contributed by atoms with E-state index in [1.165, 1.54) is 0 Å². The SMILES string of the molecule is CC1(C(=O)ON2C(=O)CCC2=O)CC/C=C/C(O)CC1.O=C1CCC(=O)N1O.[Y]. The molecule has 2 N–H and O–H groups in total. The molecule has 4 amide bonds. The first-order valence-electron chi connectivity index (χ1n) is 9.11. The number of hydrogen-bond donors (Lipinski definition) is 2. The monoisotopic (exact) mass is 485 g/mol. The number of hydroxylamine groups is 4. The van der Waals surface area contributed by atoms with E-state index < -0.39 is 41.1 Å². The van der Waals surface area contributed by atoms with Crippen molar-refractivity contribution in [2.45, 2.75) is 64.4 Å². The van der Waals surface area contributed by atoms with Gasteiger partial charge in [0.05, 0.1) is 11.5 Å². The molecule has 2 fully saturated rings. The van der Waals surface area contributed by atoms with Crippen LogP contribution in [0.5, 0.6) is 0 Å². The first-order valence-corrected chi connectivity index (χ1v) is 9.11. The predicted octanol–water partition coefficient (Wildman–Crippen LogP) is 0.613. The van der Waals surface area contributed by atoms with Gasteiger partial charge in [0.2, 0.25) is 0 Å². The van der Waals surface area contributed by atoms with Gasteiger partial charge in [-0.05, 0) is 32.6 Å². The van der Waals surface area contributed by atoms with E-state index in [2.05, 4.69) is 0 Å². The molecule has 11 heteroatoms. The van der Waals surface area contributed by atoms with Gasteiger partial charge >= 0.3 is 5.97 Å². The van der Waals surface area contributed by atoms with E-state index in [1.807, 2.05) is 6.08 Å². The predicted molar refractivity (Wildman–Crippen MR) is 91.8 cm³/mol. The molecule has 0 bridgehead atoms. The first-order chi connectivity index (χ1) is 13.1. The minimum atomic E-state index is -0.797. The second-order valence-electron chi connectivity index (χ2n) is 7.19. The number of aliphatic hydroxyl groups is 1. The Balaban J connectivity index is 0.000000394. The molecule has 0 aromatic carbocycles. The molecule has 0 aromatic heterocycles. The molecule has 3 aliphatic rings. The molecule has 3 rings (SSSR count). The second-order valence-corrected chi connectivity index (χ2v) is 7.19. The van der Waals surface area contributed by atoms with Crippen molar-refractivity contribution in [3.63, 3.8) is 0 Å². The Hall–Kier alpha value is -1.49. The van der Waals surface area contributed by atoms with E-state index >= 15 is 0 Å². The Bertz CT molecular complexity index is 678. The van der Waals surface area contributed by atoms with E-state index in [0.717, 1.165) is 0 Å². The molecule has 0 spiro atoms. The summed E-state index contributed by atoms with van der Waals surface area (Å²) in [7, 11) is 0. The van der Waals surface area contributed by atoms with E-state index in [4.69, 9.17) is 10.0 Å². The van der Waals surface area contributed by atoms with E-state index in [0.29, 0.717) is 30.7 Å². The molecule has 2 saturated heterocycles. The molecule has 2 aliphatic heterocycles. The van der Waals surface area contributed by atoms with E-state index in [9.17, 15) is 29.1 Å². The van der Waals surface area contributed by atoms with Crippen LogP contribution in [0.15, 0.2) is 12.2 Å². The number of hydrogen-bond acceptors (Lipinski definition) is 8. The Kier molecular flexibility index (Phi) is 9.74. The minimum absolute atomic E-state index is 0. The van der Waals surface area contributed by atoms with Crippen molar-refractivity contribution in [3.05, 3.63) is 12.2 Å². The van der Waals surface area contributed by atoms with Gasteiger partial charge in [-0.2, -0.15) is 5.06 Å². The number of aliphatic hydroxyl groups excluding tert-OH is 1. The zero-order valence-corrected chi connectivity index (χ0v) is 19.0. The summed E-state index contributed by atoms with van der Waals surface area (Å²) < 4.78 is 0. The van der Waals surface area contributed by atoms with Crippen molar-refractivity contribution in [2.75, 3.05) is 0 Å². The number of rotatable bonds is 2. The zero-order valence-electron chi connectivity index (χ0n) is 16.2. The molecule has 1 radical (unpaired) electrons. The van der Waals surface area contributed by atoms with Crippen LogP contribution in [0, 0.1) is 5.41 Å². The quantitative estimate of drug-likeness (QED) is 0.329. The second kappa shape index (κ2) is 11.1. The normalized spacial score (nSPS) is 28.2. The summed E-state index contributed by atoms with van der Waals surface area (Å²) in [4.78, 5) is 60.7. The molecule has 2 heterocycles. The summed E-state index contributed by atoms with van der Waals surface area (Å²) in [6.45, 7) is 1.74. The molecular formula is C18H24N2O8Y. The van der Waals surface area contributed by atoms with E-state index in [-0.39, 0.29) is 63.5 Å². The van der Waals surface area contributed by atoms with Crippen LogP contribution in [0.4, 0.5) is 0 Å². The molecule has 157 valence electrons. The molecule has 10 nitrogen and oxygen atoms in total. The maximum Gasteiger partial charge on any atom is 0.339 e. The molecule has 2 unspecified atom stereocenters. The standard InChI is InChI=1S/C14H19NO5.C4H5NO3.Y/c1-14(8-3-2-4-10(16)7-9-14)13(19)20-15-11(17)5-6-12(15)18;6-3-1-2-4(7)5(3)8;/h2,4,10,16H,3,5-9H2,1H3;8H,1-2H2;/b4-2+;;. The Morgan fingerprint density at radius 1 is 1.03 bits per heavy atom. The van der Waals surface area contributed by atoms with Crippen molar-refractivity contribution < 1.29 is 71.8 Å². The van der Waals surface area contributed by atoms with Crippen molar-refractivity contribution in [1.29, 1.82) is 0 Å². The molecule has 0 saturated carbocycles. The molecule has 2 atom stereocenters. The molecule has 29 heavy (non-hydrogen) atoms. The van der Waals surface area contributed by atoms with Crippen LogP contribution in [0.3, 0.4) is 0 Å². The average Bonchev–Trinajstić information content (AvgIpc) is 3.12. The van der Waals surface area contributed by atoms with Crippen molar-refractivity contribution in [2.24, 2.45) is 5.41 Å². The van der Waals surface area contributed by atoms with Gasteiger partial charge in [-0.3, -0.25) is 24.4 Å². The number of allylic oxidation sites excluding steroid dienone is 1. The Morgan fingerprint density at radius 3 is 2.03 bits per heavy atom. The van der Waals surface area contributed by atoms with Crippen LogP contribution in [0.2, 0.25) is 0 Å². The number of carbonyl (C=O) groups excluding carboxylic acids is 5. The van der Waals surface area contributed by atoms with Gasteiger partial charge in [0, 0.05) is 58.4 Å². The third kappa shape index (κ3) is 6.77. The van der Waals surface area contributed by atoms with Crippen LogP contribution in [0.1, 0.15) is 58.3 Å².